The maximum atomic E-state index is 13.8. The van der Waals surface area contributed by atoms with Crippen molar-refractivity contribution < 1.29 is 48.0 Å². The number of carbonyl (C=O) groups excluding carboxylic acids is 4. The molecule has 51 heavy (non-hydrogen) atoms. The number of hydrogen-bond acceptors (Lipinski definition) is 11. The second kappa shape index (κ2) is 17.3. The molecule has 2 atom stereocenters. The Morgan fingerprint density at radius 2 is 1.82 bits per heavy atom. The van der Waals surface area contributed by atoms with Gasteiger partial charge >= 0.3 is 12.1 Å². The van der Waals surface area contributed by atoms with Crippen LogP contribution in [0.2, 0.25) is 10.0 Å². The van der Waals surface area contributed by atoms with Gasteiger partial charge in [-0.2, -0.15) is 0 Å². The molecule has 0 radical (unpaired) electrons. The van der Waals surface area contributed by atoms with Crippen LogP contribution in [0.3, 0.4) is 0 Å². The van der Waals surface area contributed by atoms with Gasteiger partial charge < -0.3 is 39.1 Å². The zero-order valence-corrected chi connectivity index (χ0v) is 30.1. The fourth-order valence-corrected chi connectivity index (χ4v) is 6.80. The number of thioether (sulfide) groups is 1. The SMILES string of the molecule is CSc1cccc(C[C@H](NC(=O)c2c(Cl)cc3c(c2Cl)CCN(C(=O)c2ccc4ccoc4c2)C3)C(=O)OC(C)OC(=O)OCC(CO)CO)c1. The Morgan fingerprint density at radius 1 is 1.04 bits per heavy atom. The number of nitrogens with zero attached hydrogens (tertiary/aromatic N) is 1. The number of hydrogen-bond donors (Lipinski definition) is 3. The molecule has 0 saturated carbocycles. The van der Waals surface area contributed by atoms with Gasteiger partial charge in [0, 0.05) is 48.2 Å². The number of nitrogens with one attached hydrogen (secondary N) is 1. The van der Waals surface area contributed by atoms with Crippen molar-refractivity contribution in [2.75, 3.05) is 32.6 Å². The van der Waals surface area contributed by atoms with Crippen LogP contribution in [0.5, 0.6) is 0 Å². The molecule has 1 unspecified atom stereocenters. The Balaban J connectivity index is 1.31. The quantitative estimate of drug-likeness (QED) is 0.0878. The normalized spacial score (nSPS) is 13.7. The number of aliphatic hydroxyl groups is 2. The van der Waals surface area contributed by atoms with E-state index in [1.807, 2.05) is 36.6 Å². The first kappa shape index (κ1) is 38.0. The van der Waals surface area contributed by atoms with Gasteiger partial charge in [0.05, 0.1) is 35.1 Å². The Kier molecular flexibility index (Phi) is 12.9. The topological polar surface area (TPSA) is 165 Å². The van der Waals surface area contributed by atoms with E-state index in [0.29, 0.717) is 35.2 Å². The third kappa shape index (κ3) is 9.35. The second-order valence-corrected chi connectivity index (χ2v) is 13.5. The number of carbonyl (C=O) groups is 4. The lowest BCUT2D eigenvalue weighted by atomic mass is 9.95. The lowest BCUT2D eigenvalue weighted by Gasteiger charge is -2.30. The molecular weight excluding hydrogens is 723 g/mol. The molecule has 0 saturated heterocycles. The van der Waals surface area contributed by atoms with Crippen LogP contribution in [-0.2, 0) is 38.4 Å². The van der Waals surface area contributed by atoms with Gasteiger partial charge in [-0.1, -0.05) is 41.4 Å². The van der Waals surface area contributed by atoms with Crippen molar-refractivity contribution in [1.29, 1.82) is 0 Å². The summed E-state index contributed by atoms with van der Waals surface area (Å²) in [5.74, 6) is -2.52. The summed E-state index contributed by atoms with van der Waals surface area (Å²) in [7, 11) is 0. The molecule has 1 aromatic heterocycles. The Labute approximate surface area is 307 Å². The smallest absolute Gasteiger partial charge is 0.464 e. The van der Waals surface area contributed by atoms with E-state index in [1.54, 1.807) is 35.4 Å². The molecule has 2 amide bonds. The fraction of sp³-hybridized carbons (Fsp3) is 0.333. The number of aliphatic hydroxyl groups excluding tert-OH is 2. The predicted molar refractivity (Wildman–Crippen MR) is 190 cm³/mol. The number of halogens is 2. The summed E-state index contributed by atoms with van der Waals surface area (Å²) in [6, 6.07) is 14.8. The summed E-state index contributed by atoms with van der Waals surface area (Å²) >= 11 is 15.0. The van der Waals surface area contributed by atoms with Crippen LogP contribution in [0.1, 0.15) is 44.3 Å². The first-order chi connectivity index (χ1) is 24.5. The van der Waals surface area contributed by atoms with Gasteiger partial charge in [-0.3, -0.25) is 9.59 Å². The first-order valence-electron chi connectivity index (χ1n) is 16.0. The molecule has 1 aliphatic rings. The molecule has 270 valence electrons. The average molecular weight is 760 g/mol. The lowest BCUT2D eigenvalue weighted by Crippen LogP contribution is -2.45. The molecule has 12 nitrogen and oxygen atoms in total. The number of esters is 1. The maximum absolute atomic E-state index is 13.8. The molecular formula is C36H36Cl2N2O10S. The third-order valence-corrected chi connectivity index (χ3v) is 9.72. The standard InChI is InChI=1S/C36H36Cl2N2O10S/c1-20(50-36(46)48-19-22(17-41)18-42)49-35(45)29(13-21-4-3-5-26(12-21)51-2)39-33(43)31-28(37)14-25-16-40(10-8-27(25)32(31)38)34(44)24-7-6-23-9-11-47-30(23)15-24/h3-7,9,11-12,14-15,20,22,29,41-42H,8,10,13,16-19H2,1-2H3,(H,39,43)/t20?,29-/m0/s1. The summed E-state index contributed by atoms with van der Waals surface area (Å²) in [5.41, 5.74) is 3.11. The number of rotatable bonds is 13. The van der Waals surface area contributed by atoms with Gasteiger partial charge in [-0.25, -0.2) is 9.59 Å². The minimum Gasteiger partial charge on any atom is -0.464 e. The van der Waals surface area contributed by atoms with Gasteiger partial charge in [0.15, 0.2) is 0 Å². The molecule has 0 spiro atoms. The molecule has 3 N–H and O–H groups in total. The second-order valence-electron chi connectivity index (χ2n) is 11.8. The van der Waals surface area contributed by atoms with Crippen molar-refractivity contribution in [3.63, 3.8) is 0 Å². The molecule has 4 aromatic rings. The summed E-state index contributed by atoms with van der Waals surface area (Å²) in [6.45, 7) is 0.722. The lowest BCUT2D eigenvalue weighted by molar-refractivity contribution is -0.170. The van der Waals surface area contributed by atoms with Crippen molar-refractivity contribution in [3.8, 4) is 0 Å². The molecule has 2 heterocycles. The van der Waals surface area contributed by atoms with Crippen molar-refractivity contribution >= 4 is 69.9 Å². The summed E-state index contributed by atoms with van der Waals surface area (Å²) < 4.78 is 20.7. The number of amides is 2. The van der Waals surface area contributed by atoms with Crippen molar-refractivity contribution in [2.24, 2.45) is 5.92 Å². The molecule has 0 bridgehead atoms. The monoisotopic (exact) mass is 758 g/mol. The molecule has 0 fully saturated rings. The van der Waals surface area contributed by atoms with Crippen LogP contribution < -0.4 is 5.32 Å². The zero-order chi connectivity index (χ0) is 36.7. The van der Waals surface area contributed by atoms with Crippen LogP contribution in [0.25, 0.3) is 11.0 Å². The molecule has 15 heteroatoms. The number of fused-ring (bicyclic) bond motifs is 2. The van der Waals surface area contributed by atoms with E-state index in [4.69, 9.17) is 52.0 Å². The van der Waals surface area contributed by atoms with E-state index in [2.05, 4.69) is 5.32 Å². The molecule has 0 aliphatic carbocycles. The minimum absolute atomic E-state index is 0.0197. The minimum atomic E-state index is -1.41. The highest BCUT2D eigenvalue weighted by molar-refractivity contribution is 7.98. The summed E-state index contributed by atoms with van der Waals surface area (Å²) in [5, 5.41) is 22.0. The first-order valence-corrected chi connectivity index (χ1v) is 17.9. The van der Waals surface area contributed by atoms with Crippen LogP contribution in [0.4, 0.5) is 4.79 Å². The Morgan fingerprint density at radius 3 is 2.57 bits per heavy atom. The summed E-state index contributed by atoms with van der Waals surface area (Å²) in [4.78, 5) is 55.3. The van der Waals surface area contributed by atoms with Crippen molar-refractivity contribution in [1.82, 2.24) is 10.2 Å². The molecule has 1 aliphatic heterocycles. The van der Waals surface area contributed by atoms with Crippen LogP contribution in [0, 0.1) is 5.92 Å². The van der Waals surface area contributed by atoms with Gasteiger partial charge in [0.25, 0.3) is 11.8 Å². The summed E-state index contributed by atoms with van der Waals surface area (Å²) in [6.07, 6.45) is 1.26. The Bertz CT molecular complexity index is 1910. The van der Waals surface area contributed by atoms with Gasteiger partial charge in [-0.15, -0.1) is 11.8 Å². The van der Waals surface area contributed by atoms with Crippen molar-refractivity contribution in [2.45, 2.75) is 43.5 Å². The van der Waals surface area contributed by atoms with Crippen LogP contribution >= 0.6 is 35.0 Å². The Hall–Kier alpha value is -4.27. The highest BCUT2D eigenvalue weighted by Gasteiger charge is 2.31. The van der Waals surface area contributed by atoms with Crippen LogP contribution in [0.15, 0.2) is 70.2 Å². The largest absolute Gasteiger partial charge is 0.511 e. The van der Waals surface area contributed by atoms with E-state index < -0.39 is 49.5 Å². The number of furan rings is 1. The maximum Gasteiger partial charge on any atom is 0.511 e. The highest BCUT2D eigenvalue weighted by atomic mass is 35.5. The van der Waals surface area contributed by atoms with E-state index >= 15 is 0 Å². The third-order valence-electron chi connectivity index (χ3n) is 8.28. The fourth-order valence-electron chi connectivity index (χ4n) is 5.55. The average Bonchev–Trinajstić information content (AvgIpc) is 3.59. The van der Waals surface area contributed by atoms with E-state index in [-0.39, 0.29) is 41.1 Å². The van der Waals surface area contributed by atoms with E-state index in [9.17, 15) is 19.2 Å². The predicted octanol–water partition coefficient (Wildman–Crippen LogP) is 5.64. The van der Waals surface area contributed by atoms with Gasteiger partial charge in [-0.05, 0) is 65.8 Å². The van der Waals surface area contributed by atoms with Crippen LogP contribution in [-0.4, -0.2) is 84.0 Å². The van der Waals surface area contributed by atoms with E-state index in [1.165, 1.54) is 18.7 Å². The van der Waals surface area contributed by atoms with E-state index in [0.717, 1.165) is 15.8 Å². The van der Waals surface area contributed by atoms with Crippen molar-refractivity contribution in [3.05, 3.63) is 98.7 Å². The number of ether oxygens (including phenoxy) is 3. The highest BCUT2D eigenvalue weighted by Crippen LogP contribution is 2.35. The zero-order valence-electron chi connectivity index (χ0n) is 27.7. The molecule has 5 rings (SSSR count). The van der Waals surface area contributed by atoms with Gasteiger partial charge in [0.2, 0.25) is 6.29 Å². The number of benzene rings is 3. The molecule has 3 aromatic carbocycles. The van der Waals surface area contributed by atoms with Gasteiger partial charge in [0.1, 0.15) is 18.2 Å².